The lowest BCUT2D eigenvalue weighted by atomic mass is 10.1. The van der Waals surface area contributed by atoms with Crippen LogP contribution in [0.15, 0.2) is 18.2 Å². The molecule has 104 valence electrons. The van der Waals surface area contributed by atoms with Gasteiger partial charge in [-0.2, -0.15) is 13.2 Å². The van der Waals surface area contributed by atoms with Gasteiger partial charge in [0.1, 0.15) is 5.69 Å². The fourth-order valence-corrected chi connectivity index (χ4v) is 1.24. The molecule has 5 nitrogen and oxygen atoms in total. The van der Waals surface area contributed by atoms with Gasteiger partial charge >= 0.3 is 6.18 Å². The number of rotatable bonds is 3. The van der Waals surface area contributed by atoms with Crippen LogP contribution in [0.1, 0.15) is 19.4 Å². The van der Waals surface area contributed by atoms with E-state index in [2.05, 4.69) is 5.32 Å². The fraction of sp³-hybridized carbons (Fsp3) is 0.364. The lowest BCUT2D eigenvalue weighted by Gasteiger charge is -2.11. The Morgan fingerprint density at radius 3 is 2.37 bits per heavy atom. The van der Waals surface area contributed by atoms with Crippen LogP contribution >= 0.6 is 0 Å². The van der Waals surface area contributed by atoms with Crippen LogP contribution in [0.5, 0.6) is 0 Å². The minimum Gasteiger partial charge on any atom is -0.320 e. The number of halogens is 3. The molecule has 1 aromatic rings. The summed E-state index contributed by atoms with van der Waals surface area (Å²) in [5.74, 6) is -0.954. The molecule has 0 saturated heterocycles. The standard InChI is InChI=1S/C11H11F3N2O3/c1-6(2)10(17)15-8-4-3-7(11(12,13)14)5-9(8)16(18)19/h3-6H,1-2H3,(H,15,17). The molecule has 0 radical (unpaired) electrons. The molecule has 0 aliphatic heterocycles. The van der Waals surface area contributed by atoms with Crippen LogP contribution in [0, 0.1) is 16.0 Å². The lowest BCUT2D eigenvalue weighted by molar-refractivity contribution is -0.384. The smallest absolute Gasteiger partial charge is 0.320 e. The monoisotopic (exact) mass is 276 g/mol. The van der Waals surface area contributed by atoms with Crippen molar-refractivity contribution in [3.8, 4) is 0 Å². The molecule has 19 heavy (non-hydrogen) atoms. The molecule has 0 fully saturated rings. The molecule has 0 spiro atoms. The zero-order valence-electron chi connectivity index (χ0n) is 10.1. The maximum Gasteiger partial charge on any atom is 0.416 e. The summed E-state index contributed by atoms with van der Waals surface area (Å²) in [7, 11) is 0. The molecule has 8 heteroatoms. The van der Waals surface area contributed by atoms with Crippen molar-refractivity contribution in [1.29, 1.82) is 0 Å². The minimum atomic E-state index is -4.68. The van der Waals surface area contributed by atoms with Gasteiger partial charge in [0.25, 0.3) is 5.69 Å². The molecule has 1 aromatic carbocycles. The van der Waals surface area contributed by atoms with Gasteiger partial charge in [-0.3, -0.25) is 14.9 Å². The maximum absolute atomic E-state index is 12.4. The van der Waals surface area contributed by atoms with E-state index in [1.165, 1.54) is 0 Å². The van der Waals surface area contributed by atoms with E-state index in [1.807, 2.05) is 0 Å². The van der Waals surface area contributed by atoms with Gasteiger partial charge in [-0.1, -0.05) is 13.8 Å². The van der Waals surface area contributed by atoms with E-state index in [0.29, 0.717) is 12.1 Å². The number of nitrogens with one attached hydrogen (secondary N) is 1. The number of amides is 1. The van der Waals surface area contributed by atoms with E-state index in [1.54, 1.807) is 13.8 Å². The van der Waals surface area contributed by atoms with Crippen molar-refractivity contribution in [3.05, 3.63) is 33.9 Å². The summed E-state index contributed by atoms with van der Waals surface area (Å²) >= 11 is 0. The molecule has 0 atom stereocenters. The summed E-state index contributed by atoms with van der Waals surface area (Å²) in [5.41, 5.74) is -2.18. The van der Waals surface area contributed by atoms with E-state index < -0.39 is 34.2 Å². The zero-order valence-corrected chi connectivity index (χ0v) is 10.1. The summed E-state index contributed by atoms with van der Waals surface area (Å²) in [4.78, 5) is 21.2. The summed E-state index contributed by atoms with van der Waals surface area (Å²) in [6.07, 6.45) is -4.68. The van der Waals surface area contributed by atoms with Crippen molar-refractivity contribution in [1.82, 2.24) is 0 Å². The number of nitrogens with zero attached hydrogens (tertiary/aromatic N) is 1. The number of nitro benzene ring substituents is 1. The van der Waals surface area contributed by atoms with E-state index in [9.17, 15) is 28.1 Å². The van der Waals surface area contributed by atoms with Gasteiger partial charge in [-0.05, 0) is 12.1 Å². The van der Waals surface area contributed by atoms with Crippen LogP contribution in [-0.2, 0) is 11.0 Å². The molecular formula is C11H11F3N2O3. The molecule has 1 rings (SSSR count). The SMILES string of the molecule is CC(C)C(=O)Nc1ccc(C(F)(F)F)cc1[N+](=O)[O-]. The number of hydrogen-bond acceptors (Lipinski definition) is 3. The second-order valence-corrected chi connectivity index (χ2v) is 4.13. The number of nitro groups is 1. The molecule has 0 aliphatic rings. The van der Waals surface area contributed by atoms with Crippen LogP contribution < -0.4 is 5.32 Å². The second-order valence-electron chi connectivity index (χ2n) is 4.13. The van der Waals surface area contributed by atoms with Crippen LogP contribution in [-0.4, -0.2) is 10.8 Å². The normalized spacial score (nSPS) is 11.5. The van der Waals surface area contributed by atoms with Gasteiger partial charge in [-0.25, -0.2) is 0 Å². The molecule has 0 unspecified atom stereocenters. The molecular weight excluding hydrogens is 265 g/mol. The van der Waals surface area contributed by atoms with Gasteiger partial charge in [0.15, 0.2) is 0 Å². The quantitative estimate of drug-likeness (QED) is 0.680. The van der Waals surface area contributed by atoms with Gasteiger partial charge in [0.2, 0.25) is 5.91 Å². The molecule has 0 saturated carbocycles. The van der Waals surface area contributed by atoms with Crippen molar-refractivity contribution >= 4 is 17.3 Å². The summed E-state index contributed by atoms with van der Waals surface area (Å²) in [6.45, 7) is 3.12. The average Bonchev–Trinajstić information content (AvgIpc) is 2.27. The topological polar surface area (TPSA) is 72.2 Å². The Hall–Kier alpha value is -2.12. The zero-order chi connectivity index (χ0) is 14.8. The largest absolute Gasteiger partial charge is 0.416 e. The van der Waals surface area contributed by atoms with Crippen molar-refractivity contribution in [2.75, 3.05) is 5.32 Å². The van der Waals surface area contributed by atoms with Gasteiger partial charge in [0.05, 0.1) is 10.5 Å². The van der Waals surface area contributed by atoms with E-state index in [0.717, 1.165) is 6.07 Å². The minimum absolute atomic E-state index is 0.253. The molecule has 0 heterocycles. The predicted molar refractivity (Wildman–Crippen MR) is 61.6 cm³/mol. The molecule has 0 aliphatic carbocycles. The number of hydrogen-bond donors (Lipinski definition) is 1. The lowest BCUT2D eigenvalue weighted by Crippen LogP contribution is -2.18. The van der Waals surface area contributed by atoms with Crippen LogP contribution in [0.2, 0.25) is 0 Å². The Bertz CT molecular complexity index is 512. The van der Waals surface area contributed by atoms with Crippen molar-refractivity contribution < 1.29 is 22.9 Å². The second kappa shape index (κ2) is 5.25. The Labute approximate surface area is 106 Å². The van der Waals surface area contributed by atoms with Gasteiger partial charge in [0, 0.05) is 12.0 Å². The maximum atomic E-state index is 12.4. The highest BCUT2D eigenvalue weighted by atomic mass is 19.4. The van der Waals surface area contributed by atoms with Crippen LogP contribution in [0.25, 0.3) is 0 Å². The number of anilines is 1. The van der Waals surface area contributed by atoms with Gasteiger partial charge in [-0.15, -0.1) is 0 Å². The van der Waals surface area contributed by atoms with Gasteiger partial charge < -0.3 is 5.32 Å². The van der Waals surface area contributed by atoms with E-state index in [4.69, 9.17) is 0 Å². The molecule has 0 bridgehead atoms. The van der Waals surface area contributed by atoms with Crippen LogP contribution in [0.3, 0.4) is 0 Å². The van der Waals surface area contributed by atoms with Crippen molar-refractivity contribution in [2.45, 2.75) is 20.0 Å². The fourth-order valence-electron chi connectivity index (χ4n) is 1.24. The van der Waals surface area contributed by atoms with E-state index >= 15 is 0 Å². The summed E-state index contributed by atoms with van der Waals surface area (Å²) < 4.78 is 37.3. The third-order valence-electron chi connectivity index (χ3n) is 2.30. The number of alkyl halides is 3. The van der Waals surface area contributed by atoms with Crippen molar-refractivity contribution in [3.63, 3.8) is 0 Å². The van der Waals surface area contributed by atoms with Crippen LogP contribution in [0.4, 0.5) is 24.5 Å². The first kappa shape index (κ1) is 14.9. The third kappa shape index (κ3) is 3.67. The molecule has 1 amide bonds. The molecule has 1 N–H and O–H groups in total. The summed E-state index contributed by atoms with van der Waals surface area (Å²) in [6, 6.07) is 1.96. The molecule has 0 aromatic heterocycles. The van der Waals surface area contributed by atoms with Crippen molar-refractivity contribution in [2.24, 2.45) is 5.92 Å². The highest BCUT2D eigenvalue weighted by Crippen LogP contribution is 2.35. The number of carbonyl (C=O) groups is 1. The Morgan fingerprint density at radius 1 is 1.37 bits per heavy atom. The summed E-state index contributed by atoms with van der Waals surface area (Å²) in [5, 5.41) is 13.0. The number of benzene rings is 1. The van der Waals surface area contributed by atoms with E-state index in [-0.39, 0.29) is 5.69 Å². The average molecular weight is 276 g/mol. The first-order valence-electron chi connectivity index (χ1n) is 5.29. The predicted octanol–water partition coefficient (Wildman–Crippen LogP) is 3.21. The highest BCUT2D eigenvalue weighted by Gasteiger charge is 2.33. The highest BCUT2D eigenvalue weighted by molar-refractivity contribution is 5.94. The Morgan fingerprint density at radius 2 is 1.95 bits per heavy atom. The Balaban J connectivity index is 3.20. The first-order valence-corrected chi connectivity index (χ1v) is 5.29. The Kier molecular flexibility index (Phi) is 4.13. The first-order chi connectivity index (χ1) is 8.62. The number of carbonyl (C=O) groups excluding carboxylic acids is 1. The third-order valence-corrected chi connectivity index (χ3v) is 2.30.